The summed E-state index contributed by atoms with van der Waals surface area (Å²) >= 11 is 0. The van der Waals surface area contributed by atoms with E-state index < -0.39 is 0 Å². The van der Waals surface area contributed by atoms with Gasteiger partial charge in [-0.05, 0) is 36.7 Å². The molecule has 0 aromatic heterocycles. The van der Waals surface area contributed by atoms with Crippen molar-refractivity contribution in [2.45, 2.75) is 38.3 Å². The topological polar surface area (TPSA) is 12.0 Å². The lowest BCUT2D eigenvalue weighted by Crippen LogP contribution is -2.26. The van der Waals surface area contributed by atoms with Gasteiger partial charge in [0.25, 0.3) is 0 Å². The molecule has 0 aliphatic heterocycles. The Labute approximate surface area is 91.9 Å². The van der Waals surface area contributed by atoms with Crippen LogP contribution in [0.15, 0.2) is 30.3 Å². The van der Waals surface area contributed by atoms with Crippen molar-refractivity contribution >= 4 is 0 Å². The van der Waals surface area contributed by atoms with Gasteiger partial charge in [-0.1, -0.05) is 37.3 Å². The first-order valence-corrected chi connectivity index (χ1v) is 6.15. The van der Waals surface area contributed by atoms with Crippen molar-refractivity contribution < 1.29 is 0 Å². The van der Waals surface area contributed by atoms with Gasteiger partial charge in [0.05, 0.1) is 0 Å². The fourth-order valence-corrected chi connectivity index (χ4v) is 2.38. The van der Waals surface area contributed by atoms with E-state index in [9.17, 15) is 0 Å². The van der Waals surface area contributed by atoms with Gasteiger partial charge in [-0.15, -0.1) is 0 Å². The minimum absolute atomic E-state index is 0.626. The lowest BCUT2D eigenvalue weighted by molar-refractivity contribution is 0.467. The molecule has 80 valence electrons. The second-order valence-electron chi connectivity index (χ2n) is 5.21. The summed E-state index contributed by atoms with van der Waals surface area (Å²) in [6.45, 7) is 2.34. The molecular weight excluding hydrogens is 182 g/mol. The van der Waals surface area contributed by atoms with Crippen LogP contribution in [0.25, 0.3) is 0 Å². The molecule has 0 spiro atoms. The van der Waals surface area contributed by atoms with E-state index >= 15 is 0 Å². The zero-order valence-corrected chi connectivity index (χ0v) is 9.32. The highest BCUT2D eigenvalue weighted by molar-refractivity contribution is 5.21. The third kappa shape index (κ3) is 2.07. The summed E-state index contributed by atoms with van der Waals surface area (Å²) in [4.78, 5) is 0. The Bertz CT molecular complexity index is 328. The molecule has 0 amide bonds. The van der Waals surface area contributed by atoms with Gasteiger partial charge in [0, 0.05) is 12.1 Å². The van der Waals surface area contributed by atoms with E-state index in [2.05, 4.69) is 42.6 Å². The summed E-state index contributed by atoms with van der Waals surface area (Å²) in [5.41, 5.74) is 1.49. The Morgan fingerprint density at radius 3 is 2.40 bits per heavy atom. The molecule has 1 nitrogen and oxygen atoms in total. The average molecular weight is 201 g/mol. The molecule has 1 N–H and O–H groups in total. The summed E-state index contributed by atoms with van der Waals surface area (Å²) in [5.74, 6) is 1.80. The average Bonchev–Trinajstić information content (AvgIpc) is 3.14. The van der Waals surface area contributed by atoms with E-state index in [1.165, 1.54) is 24.8 Å². The minimum atomic E-state index is 0.626. The van der Waals surface area contributed by atoms with Gasteiger partial charge in [0.15, 0.2) is 0 Å². The first-order chi connectivity index (χ1) is 7.34. The Hall–Kier alpha value is -0.820. The van der Waals surface area contributed by atoms with Crippen LogP contribution < -0.4 is 5.32 Å². The van der Waals surface area contributed by atoms with Crippen LogP contribution in [0.4, 0.5) is 0 Å². The molecule has 0 radical (unpaired) electrons. The number of hydrogen-bond acceptors (Lipinski definition) is 1. The summed E-state index contributed by atoms with van der Waals surface area (Å²) in [7, 11) is 0. The standard InChI is InChI=1S/C14H19N/c1-10-9-13(10)15-14(12-7-8-12)11-5-3-2-4-6-11/h2-6,10,12-15H,7-9H2,1H3. The fraction of sp³-hybridized carbons (Fsp3) is 0.571. The molecule has 0 heterocycles. The van der Waals surface area contributed by atoms with Gasteiger partial charge >= 0.3 is 0 Å². The van der Waals surface area contributed by atoms with Crippen LogP contribution in [0.5, 0.6) is 0 Å². The number of benzene rings is 1. The van der Waals surface area contributed by atoms with Crippen LogP contribution in [0.3, 0.4) is 0 Å². The van der Waals surface area contributed by atoms with Crippen molar-refractivity contribution in [3.63, 3.8) is 0 Å². The number of rotatable bonds is 4. The van der Waals surface area contributed by atoms with Gasteiger partial charge in [-0.25, -0.2) is 0 Å². The minimum Gasteiger partial charge on any atom is -0.307 e. The maximum Gasteiger partial charge on any atom is 0.0351 e. The highest BCUT2D eigenvalue weighted by Gasteiger charge is 2.39. The predicted molar refractivity (Wildman–Crippen MR) is 62.6 cm³/mol. The Morgan fingerprint density at radius 1 is 1.20 bits per heavy atom. The maximum atomic E-state index is 3.82. The van der Waals surface area contributed by atoms with Crippen molar-refractivity contribution in [2.75, 3.05) is 0 Å². The van der Waals surface area contributed by atoms with E-state index in [1.54, 1.807) is 0 Å². The second-order valence-corrected chi connectivity index (χ2v) is 5.21. The summed E-state index contributed by atoms with van der Waals surface area (Å²) in [5, 5.41) is 3.82. The summed E-state index contributed by atoms with van der Waals surface area (Å²) in [6.07, 6.45) is 4.19. The zero-order valence-electron chi connectivity index (χ0n) is 9.32. The normalized spacial score (nSPS) is 31.3. The first-order valence-electron chi connectivity index (χ1n) is 6.15. The van der Waals surface area contributed by atoms with Crippen molar-refractivity contribution in [1.29, 1.82) is 0 Å². The molecular formula is C14H19N. The SMILES string of the molecule is CC1CC1NC(c1ccccc1)C1CC1. The first kappa shape index (κ1) is 9.41. The van der Waals surface area contributed by atoms with Crippen molar-refractivity contribution in [3.8, 4) is 0 Å². The Balaban J connectivity index is 1.73. The van der Waals surface area contributed by atoms with E-state index in [0.29, 0.717) is 6.04 Å². The molecule has 0 bridgehead atoms. The summed E-state index contributed by atoms with van der Waals surface area (Å²) in [6, 6.07) is 12.4. The zero-order chi connectivity index (χ0) is 10.3. The van der Waals surface area contributed by atoms with Gasteiger partial charge < -0.3 is 5.32 Å². The van der Waals surface area contributed by atoms with Crippen LogP contribution in [-0.4, -0.2) is 6.04 Å². The van der Waals surface area contributed by atoms with Crippen LogP contribution in [-0.2, 0) is 0 Å². The molecule has 2 aliphatic rings. The molecule has 15 heavy (non-hydrogen) atoms. The highest BCUT2D eigenvalue weighted by atomic mass is 15.0. The Morgan fingerprint density at radius 2 is 1.87 bits per heavy atom. The third-order valence-electron chi connectivity index (χ3n) is 3.76. The quantitative estimate of drug-likeness (QED) is 0.789. The number of hydrogen-bond donors (Lipinski definition) is 1. The van der Waals surface area contributed by atoms with Crippen LogP contribution >= 0.6 is 0 Å². The van der Waals surface area contributed by atoms with Gasteiger partial charge in [-0.2, -0.15) is 0 Å². The third-order valence-corrected chi connectivity index (χ3v) is 3.76. The van der Waals surface area contributed by atoms with Crippen LogP contribution in [0.1, 0.15) is 37.8 Å². The molecule has 0 saturated heterocycles. The molecule has 3 rings (SSSR count). The number of nitrogens with one attached hydrogen (secondary N) is 1. The van der Waals surface area contributed by atoms with Crippen LogP contribution in [0, 0.1) is 11.8 Å². The summed E-state index contributed by atoms with van der Waals surface area (Å²) < 4.78 is 0. The van der Waals surface area contributed by atoms with E-state index in [4.69, 9.17) is 0 Å². The van der Waals surface area contributed by atoms with Gasteiger partial charge in [0.2, 0.25) is 0 Å². The predicted octanol–water partition coefficient (Wildman–Crippen LogP) is 3.14. The van der Waals surface area contributed by atoms with Crippen molar-refractivity contribution in [3.05, 3.63) is 35.9 Å². The van der Waals surface area contributed by atoms with E-state index in [0.717, 1.165) is 17.9 Å². The highest BCUT2D eigenvalue weighted by Crippen LogP contribution is 2.43. The molecule has 1 aromatic rings. The second kappa shape index (κ2) is 3.64. The molecule has 3 unspecified atom stereocenters. The lowest BCUT2D eigenvalue weighted by atomic mass is 10.0. The smallest absolute Gasteiger partial charge is 0.0351 e. The largest absolute Gasteiger partial charge is 0.307 e. The van der Waals surface area contributed by atoms with E-state index in [-0.39, 0.29) is 0 Å². The fourth-order valence-electron chi connectivity index (χ4n) is 2.38. The molecule has 2 fully saturated rings. The van der Waals surface area contributed by atoms with Crippen molar-refractivity contribution in [1.82, 2.24) is 5.32 Å². The molecule has 2 saturated carbocycles. The van der Waals surface area contributed by atoms with Crippen LogP contribution in [0.2, 0.25) is 0 Å². The molecule has 1 heteroatoms. The maximum absolute atomic E-state index is 3.82. The lowest BCUT2D eigenvalue weighted by Gasteiger charge is -2.18. The van der Waals surface area contributed by atoms with Crippen molar-refractivity contribution in [2.24, 2.45) is 11.8 Å². The molecule has 1 aromatic carbocycles. The monoisotopic (exact) mass is 201 g/mol. The van der Waals surface area contributed by atoms with Gasteiger partial charge in [-0.3, -0.25) is 0 Å². The van der Waals surface area contributed by atoms with Gasteiger partial charge in [0.1, 0.15) is 0 Å². The Kier molecular flexibility index (Phi) is 2.28. The molecule has 2 aliphatic carbocycles. The molecule has 3 atom stereocenters. The van der Waals surface area contributed by atoms with E-state index in [1.807, 2.05) is 0 Å².